The first-order valence-corrected chi connectivity index (χ1v) is 5.64. The fraction of sp³-hybridized carbons (Fsp3) is 0.818. The molecule has 2 amide bonds. The van der Waals surface area contributed by atoms with Crippen LogP contribution < -0.4 is 0 Å². The second-order valence-electron chi connectivity index (χ2n) is 5.58. The second kappa shape index (κ2) is 3.68. The largest absolute Gasteiger partial charge is 0.443 e. The van der Waals surface area contributed by atoms with E-state index in [4.69, 9.17) is 4.74 Å². The fourth-order valence-corrected chi connectivity index (χ4v) is 2.39. The molecule has 0 radical (unpaired) electrons. The van der Waals surface area contributed by atoms with E-state index >= 15 is 0 Å². The third-order valence-electron chi connectivity index (χ3n) is 3.13. The summed E-state index contributed by atoms with van der Waals surface area (Å²) in [5.41, 5.74) is -0.692. The molecule has 1 heterocycles. The Morgan fingerprint density at radius 2 is 1.94 bits per heavy atom. The van der Waals surface area contributed by atoms with Gasteiger partial charge in [-0.3, -0.25) is 4.79 Å². The molecule has 2 bridgehead atoms. The van der Waals surface area contributed by atoms with Crippen molar-refractivity contribution in [1.82, 2.24) is 4.90 Å². The summed E-state index contributed by atoms with van der Waals surface area (Å²) >= 11 is 0. The van der Waals surface area contributed by atoms with Gasteiger partial charge in [-0.2, -0.15) is 0 Å². The van der Waals surface area contributed by atoms with Crippen molar-refractivity contribution in [2.24, 2.45) is 5.92 Å². The highest BCUT2D eigenvalue weighted by molar-refractivity contribution is 5.97. The van der Waals surface area contributed by atoms with E-state index < -0.39 is 41.8 Å². The van der Waals surface area contributed by atoms with Gasteiger partial charge < -0.3 is 14.9 Å². The number of amides is 2. The van der Waals surface area contributed by atoms with E-state index in [0.29, 0.717) is 6.42 Å². The van der Waals surface area contributed by atoms with Gasteiger partial charge in [-0.05, 0) is 27.2 Å². The summed E-state index contributed by atoms with van der Waals surface area (Å²) in [6, 6.07) is -0.655. The number of hydrogen-bond donors (Lipinski definition) is 2. The molecule has 6 heteroatoms. The number of aliphatic hydroxyl groups is 2. The lowest BCUT2D eigenvalue weighted by atomic mass is 10.0. The van der Waals surface area contributed by atoms with Crippen LogP contribution in [0.1, 0.15) is 27.2 Å². The minimum atomic E-state index is -1.06. The average molecular weight is 243 g/mol. The summed E-state index contributed by atoms with van der Waals surface area (Å²) in [5, 5.41) is 19.2. The SMILES string of the molecule is CC(C)(C)OC(=O)N1C(=O)C2CC1C(O)C2O. The van der Waals surface area contributed by atoms with Gasteiger partial charge in [-0.15, -0.1) is 0 Å². The summed E-state index contributed by atoms with van der Waals surface area (Å²) < 4.78 is 5.10. The maximum absolute atomic E-state index is 11.8. The smallest absolute Gasteiger partial charge is 0.417 e. The van der Waals surface area contributed by atoms with E-state index in [0.717, 1.165) is 4.90 Å². The molecular weight excluding hydrogens is 226 g/mol. The van der Waals surface area contributed by atoms with Crippen LogP contribution in [0.15, 0.2) is 0 Å². The van der Waals surface area contributed by atoms with E-state index in [1.54, 1.807) is 20.8 Å². The number of aliphatic hydroxyl groups excluding tert-OH is 2. The molecule has 1 saturated carbocycles. The molecule has 2 rings (SSSR count). The topological polar surface area (TPSA) is 87.1 Å². The van der Waals surface area contributed by atoms with Crippen LogP contribution >= 0.6 is 0 Å². The number of carbonyl (C=O) groups excluding carboxylic acids is 2. The predicted molar refractivity (Wildman–Crippen MR) is 57.0 cm³/mol. The third-order valence-corrected chi connectivity index (χ3v) is 3.13. The molecule has 0 aromatic rings. The molecule has 0 aromatic carbocycles. The maximum Gasteiger partial charge on any atom is 0.417 e. The first-order valence-electron chi connectivity index (χ1n) is 5.64. The summed E-state index contributed by atoms with van der Waals surface area (Å²) in [4.78, 5) is 24.5. The lowest BCUT2D eigenvalue weighted by Gasteiger charge is -2.33. The molecule has 2 fully saturated rings. The van der Waals surface area contributed by atoms with Gasteiger partial charge in [0.05, 0.1) is 18.1 Å². The predicted octanol–water partition coefficient (Wildman–Crippen LogP) is -0.126. The first-order chi connectivity index (χ1) is 7.72. The van der Waals surface area contributed by atoms with Crippen LogP contribution in [0.5, 0.6) is 0 Å². The van der Waals surface area contributed by atoms with Gasteiger partial charge in [-0.25, -0.2) is 9.69 Å². The Balaban J connectivity index is 2.14. The Morgan fingerprint density at radius 1 is 1.35 bits per heavy atom. The molecule has 4 atom stereocenters. The average Bonchev–Trinajstić information content (AvgIpc) is 2.62. The normalized spacial score (nSPS) is 36.5. The first kappa shape index (κ1) is 12.3. The van der Waals surface area contributed by atoms with Gasteiger partial charge in [0.15, 0.2) is 0 Å². The number of hydrogen-bond acceptors (Lipinski definition) is 5. The van der Waals surface area contributed by atoms with Crippen molar-refractivity contribution in [3.05, 3.63) is 0 Å². The van der Waals surface area contributed by atoms with Crippen LogP contribution in [0, 0.1) is 5.92 Å². The number of imide groups is 1. The van der Waals surface area contributed by atoms with Gasteiger partial charge in [0.1, 0.15) is 11.7 Å². The highest BCUT2D eigenvalue weighted by Crippen LogP contribution is 2.39. The van der Waals surface area contributed by atoms with Crippen LogP contribution in [0.25, 0.3) is 0 Å². The molecular formula is C11H17NO5. The lowest BCUT2D eigenvalue weighted by molar-refractivity contribution is -0.144. The minimum Gasteiger partial charge on any atom is -0.443 e. The number of piperidine rings is 1. The number of ether oxygens (including phenoxy) is 1. The maximum atomic E-state index is 11.8. The number of likely N-dealkylation sites (tertiary alicyclic amines) is 1. The molecule has 1 aliphatic heterocycles. The molecule has 17 heavy (non-hydrogen) atoms. The molecule has 1 saturated heterocycles. The number of rotatable bonds is 0. The molecule has 2 aliphatic rings. The van der Waals surface area contributed by atoms with Crippen molar-refractivity contribution >= 4 is 12.0 Å². The van der Waals surface area contributed by atoms with Crippen molar-refractivity contribution in [3.8, 4) is 0 Å². The van der Waals surface area contributed by atoms with Crippen LogP contribution in [-0.2, 0) is 9.53 Å². The molecule has 0 spiro atoms. The highest BCUT2D eigenvalue weighted by Gasteiger charge is 2.58. The van der Waals surface area contributed by atoms with E-state index in [1.807, 2.05) is 0 Å². The van der Waals surface area contributed by atoms with E-state index in [-0.39, 0.29) is 0 Å². The quantitative estimate of drug-likeness (QED) is 0.619. The van der Waals surface area contributed by atoms with Crippen LogP contribution in [-0.4, -0.2) is 51.0 Å². The monoisotopic (exact) mass is 243 g/mol. The lowest BCUT2D eigenvalue weighted by Crippen LogP contribution is -2.54. The Morgan fingerprint density at radius 3 is 2.41 bits per heavy atom. The fourth-order valence-electron chi connectivity index (χ4n) is 2.39. The van der Waals surface area contributed by atoms with E-state index in [1.165, 1.54) is 0 Å². The number of carbonyl (C=O) groups is 2. The van der Waals surface area contributed by atoms with Crippen LogP contribution in [0.2, 0.25) is 0 Å². The van der Waals surface area contributed by atoms with Gasteiger partial charge in [-0.1, -0.05) is 0 Å². The summed E-state index contributed by atoms with van der Waals surface area (Å²) in [7, 11) is 0. The molecule has 2 N–H and O–H groups in total. The van der Waals surface area contributed by atoms with Crippen molar-refractivity contribution < 1.29 is 24.5 Å². The van der Waals surface area contributed by atoms with E-state index in [9.17, 15) is 19.8 Å². The van der Waals surface area contributed by atoms with Crippen molar-refractivity contribution in [2.75, 3.05) is 0 Å². The molecule has 0 aromatic heterocycles. The van der Waals surface area contributed by atoms with Crippen LogP contribution in [0.3, 0.4) is 0 Å². The Hall–Kier alpha value is -1.14. The molecule has 6 nitrogen and oxygen atoms in total. The van der Waals surface area contributed by atoms with Gasteiger partial charge in [0, 0.05) is 0 Å². The van der Waals surface area contributed by atoms with Gasteiger partial charge >= 0.3 is 6.09 Å². The summed E-state index contributed by atoms with van der Waals surface area (Å²) in [5.74, 6) is -1.13. The zero-order chi connectivity index (χ0) is 13.0. The Bertz CT molecular complexity index is 361. The summed E-state index contributed by atoms with van der Waals surface area (Å²) in [6.07, 6.45) is -2.57. The third kappa shape index (κ3) is 1.91. The Labute approximate surface area is 99.2 Å². The minimum absolute atomic E-state index is 0.306. The zero-order valence-corrected chi connectivity index (χ0v) is 10.1. The molecule has 4 unspecified atom stereocenters. The molecule has 1 aliphatic carbocycles. The number of fused-ring (bicyclic) bond motifs is 2. The summed E-state index contributed by atoms with van der Waals surface area (Å²) in [6.45, 7) is 5.11. The van der Waals surface area contributed by atoms with Crippen molar-refractivity contribution in [1.29, 1.82) is 0 Å². The van der Waals surface area contributed by atoms with Gasteiger partial charge in [0.2, 0.25) is 5.91 Å². The second-order valence-corrected chi connectivity index (χ2v) is 5.58. The zero-order valence-electron chi connectivity index (χ0n) is 10.1. The standard InChI is InChI=1S/C11H17NO5/c1-11(2,3)17-10(16)12-6-4-5(9(12)15)7(13)8(6)14/h5-8,13-14H,4H2,1-3H3. The van der Waals surface area contributed by atoms with Gasteiger partial charge in [0.25, 0.3) is 0 Å². The van der Waals surface area contributed by atoms with Crippen molar-refractivity contribution in [3.63, 3.8) is 0 Å². The Kier molecular flexibility index (Phi) is 2.67. The van der Waals surface area contributed by atoms with Crippen molar-refractivity contribution in [2.45, 2.75) is 51.0 Å². The molecule has 96 valence electrons. The number of nitrogens with zero attached hydrogens (tertiary/aromatic N) is 1. The van der Waals surface area contributed by atoms with Crippen LogP contribution in [0.4, 0.5) is 4.79 Å². The van der Waals surface area contributed by atoms with E-state index in [2.05, 4.69) is 0 Å². The highest BCUT2D eigenvalue weighted by atomic mass is 16.6.